The van der Waals surface area contributed by atoms with Crippen molar-refractivity contribution in [1.82, 2.24) is 0 Å². The molecule has 0 fully saturated rings. The molecule has 13 heavy (non-hydrogen) atoms. The predicted octanol–water partition coefficient (Wildman–Crippen LogP) is 3.24. The number of aliphatic hydroxyl groups excluding tert-OH is 1. The van der Waals surface area contributed by atoms with E-state index in [9.17, 15) is 5.11 Å². The van der Waals surface area contributed by atoms with Crippen LogP contribution in [0.2, 0.25) is 0 Å². The van der Waals surface area contributed by atoms with Crippen LogP contribution in [0, 0.1) is 0 Å². The maximum absolute atomic E-state index is 9.82. The summed E-state index contributed by atoms with van der Waals surface area (Å²) in [6.07, 6.45) is 3.60. The van der Waals surface area contributed by atoms with Crippen LogP contribution in [0.1, 0.15) is 31.4 Å². The summed E-state index contributed by atoms with van der Waals surface area (Å²) < 4.78 is 0. The summed E-state index contributed by atoms with van der Waals surface area (Å²) >= 11 is 1.69. The highest BCUT2D eigenvalue weighted by molar-refractivity contribution is 7.98. The first-order valence-corrected chi connectivity index (χ1v) is 5.83. The Bertz CT molecular complexity index is 260. The average Bonchev–Trinajstić information content (AvgIpc) is 2.18. The molecule has 0 saturated carbocycles. The molecule has 72 valence electrons. The topological polar surface area (TPSA) is 20.2 Å². The van der Waals surface area contributed by atoms with E-state index in [1.165, 1.54) is 4.90 Å². The van der Waals surface area contributed by atoms with E-state index in [1.807, 2.05) is 24.5 Å². The van der Waals surface area contributed by atoms with Gasteiger partial charge in [-0.3, -0.25) is 0 Å². The van der Waals surface area contributed by atoms with E-state index < -0.39 is 0 Å². The van der Waals surface area contributed by atoms with Crippen molar-refractivity contribution in [2.45, 2.75) is 30.8 Å². The van der Waals surface area contributed by atoms with E-state index in [2.05, 4.69) is 13.0 Å². The van der Waals surface area contributed by atoms with Crippen molar-refractivity contribution in [3.63, 3.8) is 0 Å². The number of rotatable bonds is 4. The second-order valence-electron chi connectivity index (χ2n) is 3.05. The molecule has 0 radical (unpaired) electrons. The van der Waals surface area contributed by atoms with Crippen LogP contribution < -0.4 is 0 Å². The molecule has 1 aromatic carbocycles. The summed E-state index contributed by atoms with van der Waals surface area (Å²) in [6, 6.07) is 8.05. The fraction of sp³-hybridized carbons (Fsp3) is 0.455. The number of hydrogen-bond acceptors (Lipinski definition) is 2. The molecule has 0 spiro atoms. The van der Waals surface area contributed by atoms with E-state index in [-0.39, 0.29) is 6.10 Å². The van der Waals surface area contributed by atoms with E-state index in [0.717, 1.165) is 18.4 Å². The molecular formula is C11H16OS. The molecular weight excluding hydrogens is 180 g/mol. The Morgan fingerprint density at radius 3 is 2.69 bits per heavy atom. The summed E-state index contributed by atoms with van der Waals surface area (Å²) in [6.45, 7) is 2.09. The van der Waals surface area contributed by atoms with Crippen LogP contribution in [0.15, 0.2) is 29.2 Å². The van der Waals surface area contributed by atoms with Crippen LogP contribution in [-0.4, -0.2) is 11.4 Å². The minimum absolute atomic E-state index is 0.298. The fourth-order valence-corrected chi connectivity index (χ4v) is 2.03. The molecule has 1 nitrogen and oxygen atoms in total. The first-order valence-electron chi connectivity index (χ1n) is 4.60. The van der Waals surface area contributed by atoms with Crippen LogP contribution >= 0.6 is 11.8 Å². The van der Waals surface area contributed by atoms with Crippen molar-refractivity contribution in [3.8, 4) is 0 Å². The number of aliphatic hydroxyl groups is 1. The minimum Gasteiger partial charge on any atom is -0.388 e. The van der Waals surface area contributed by atoms with Gasteiger partial charge in [-0.15, -0.1) is 11.8 Å². The van der Waals surface area contributed by atoms with Gasteiger partial charge in [0.15, 0.2) is 0 Å². The van der Waals surface area contributed by atoms with Gasteiger partial charge >= 0.3 is 0 Å². The molecule has 1 N–H and O–H groups in total. The number of benzene rings is 1. The van der Waals surface area contributed by atoms with Gasteiger partial charge < -0.3 is 5.11 Å². The van der Waals surface area contributed by atoms with Gasteiger partial charge in [-0.05, 0) is 24.3 Å². The summed E-state index contributed by atoms with van der Waals surface area (Å²) in [5.74, 6) is 0. The number of hydrogen-bond donors (Lipinski definition) is 1. The maximum atomic E-state index is 9.82. The number of thioether (sulfide) groups is 1. The molecule has 1 aromatic rings. The molecule has 0 aromatic heterocycles. The summed E-state index contributed by atoms with van der Waals surface area (Å²) in [5, 5.41) is 9.82. The Morgan fingerprint density at radius 2 is 2.08 bits per heavy atom. The highest BCUT2D eigenvalue weighted by Crippen LogP contribution is 2.27. The molecule has 0 amide bonds. The van der Waals surface area contributed by atoms with Crippen molar-refractivity contribution >= 4 is 11.8 Å². The highest BCUT2D eigenvalue weighted by atomic mass is 32.2. The third kappa shape index (κ3) is 2.75. The van der Waals surface area contributed by atoms with E-state index in [4.69, 9.17) is 0 Å². The smallest absolute Gasteiger partial charge is 0.0800 e. The van der Waals surface area contributed by atoms with Crippen molar-refractivity contribution in [1.29, 1.82) is 0 Å². The second-order valence-corrected chi connectivity index (χ2v) is 3.89. The molecule has 0 aliphatic heterocycles. The van der Waals surface area contributed by atoms with Gasteiger partial charge in [0, 0.05) is 4.90 Å². The average molecular weight is 196 g/mol. The van der Waals surface area contributed by atoms with Gasteiger partial charge in [-0.2, -0.15) is 0 Å². The van der Waals surface area contributed by atoms with Crippen LogP contribution in [0.3, 0.4) is 0 Å². The Balaban J connectivity index is 2.85. The standard InChI is InChI=1S/C11H16OS/c1-3-6-10(12)9-7-4-5-8-11(9)13-2/h4-5,7-8,10,12H,3,6H2,1-2H3. The van der Waals surface area contributed by atoms with Crippen molar-refractivity contribution < 1.29 is 5.11 Å². The Hall–Kier alpha value is -0.470. The van der Waals surface area contributed by atoms with Crippen LogP contribution in [-0.2, 0) is 0 Å². The molecule has 2 heteroatoms. The molecule has 1 unspecified atom stereocenters. The lowest BCUT2D eigenvalue weighted by molar-refractivity contribution is 0.163. The van der Waals surface area contributed by atoms with Gasteiger partial charge in [0.05, 0.1) is 6.10 Å². The van der Waals surface area contributed by atoms with E-state index >= 15 is 0 Å². The zero-order chi connectivity index (χ0) is 9.68. The molecule has 1 rings (SSSR count). The lowest BCUT2D eigenvalue weighted by Gasteiger charge is -2.12. The molecule has 0 bridgehead atoms. The minimum atomic E-state index is -0.298. The van der Waals surface area contributed by atoms with Crippen LogP contribution in [0.25, 0.3) is 0 Å². The monoisotopic (exact) mass is 196 g/mol. The lowest BCUT2D eigenvalue weighted by atomic mass is 10.1. The zero-order valence-electron chi connectivity index (χ0n) is 8.16. The van der Waals surface area contributed by atoms with Crippen LogP contribution in [0.4, 0.5) is 0 Å². The fourth-order valence-electron chi connectivity index (χ4n) is 1.37. The Labute approximate surface area is 84.2 Å². The van der Waals surface area contributed by atoms with Crippen molar-refractivity contribution in [2.75, 3.05) is 6.26 Å². The van der Waals surface area contributed by atoms with Gasteiger partial charge in [-0.25, -0.2) is 0 Å². The third-order valence-electron chi connectivity index (χ3n) is 2.06. The molecule has 0 heterocycles. The molecule has 0 aliphatic rings. The largest absolute Gasteiger partial charge is 0.388 e. The Morgan fingerprint density at radius 1 is 1.38 bits per heavy atom. The summed E-state index contributed by atoms with van der Waals surface area (Å²) in [5.41, 5.74) is 1.07. The SMILES string of the molecule is CCCC(O)c1ccccc1SC. The first-order chi connectivity index (χ1) is 6.29. The molecule has 1 atom stereocenters. The van der Waals surface area contributed by atoms with Gasteiger partial charge in [0.1, 0.15) is 0 Å². The maximum Gasteiger partial charge on any atom is 0.0800 e. The lowest BCUT2D eigenvalue weighted by Crippen LogP contribution is -1.98. The van der Waals surface area contributed by atoms with E-state index in [1.54, 1.807) is 11.8 Å². The molecule has 0 aliphatic carbocycles. The van der Waals surface area contributed by atoms with Crippen molar-refractivity contribution in [2.24, 2.45) is 0 Å². The normalized spacial score (nSPS) is 12.8. The second kappa shape index (κ2) is 5.30. The summed E-state index contributed by atoms with van der Waals surface area (Å²) in [7, 11) is 0. The predicted molar refractivity (Wildman–Crippen MR) is 58.1 cm³/mol. The van der Waals surface area contributed by atoms with E-state index in [0.29, 0.717) is 0 Å². The quantitative estimate of drug-likeness (QED) is 0.746. The van der Waals surface area contributed by atoms with Gasteiger partial charge in [0.25, 0.3) is 0 Å². The Kier molecular flexibility index (Phi) is 4.33. The first kappa shape index (κ1) is 10.6. The van der Waals surface area contributed by atoms with Gasteiger partial charge in [-0.1, -0.05) is 31.5 Å². The van der Waals surface area contributed by atoms with Gasteiger partial charge in [0.2, 0.25) is 0 Å². The zero-order valence-corrected chi connectivity index (χ0v) is 8.97. The third-order valence-corrected chi connectivity index (χ3v) is 2.87. The highest BCUT2D eigenvalue weighted by Gasteiger charge is 2.09. The van der Waals surface area contributed by atoms with Crippen molar-refractivity contribution in [3.05, 3.63) is 29.8 Å². The summed E-state index contributed by atoms with van der Waals surface area (Å²) in [4.78, 5) is 1.18. The van der Waals surface area contributed by atoms with Crippen LogP contribution in [0.5, 0.6) is 0 Å². The molecule has 0 saturated heterocycles.